The molecule has 15 nitrogen and oxygen atoms in total. The Morgan fingerprint density at radius 2 is 1.78 bits per heavy atom. The van der Waals surface area contributed by atoms with E-state index < -0.39 is 43.0 Å². The minimum Gasteiger partial charge on any atom is -0.349 e. The summed E-state index contributed by atoms with van der Waals surface area (Å²) in [4.78, 5) is 35.5. The largest absolute Gasteiger partial charge is 0.349 e. The average molecular weight is 550 g/mol. The maximum absolute atomic E-state index is 12.8. The fraction of sp³-hybridized carbons (Fsp3) is 0.684. The van der Waals surface area contributed by atoms with Gasteiger partial charge in [0.05, 0.1) is 45.0 Å². The van der Waals surface area contributed by atoms with Crippen molar-refractivity contribution in [1.82, 2.24) is 20.6 Å². The second-order valence-electron chi connectivity index (χ2n) is 8.82. The van der Waals surface area contributed by atoms with Gasteiger partial charge in [-0.2, -0.15) is 8.42 Å². The van der Waals surface area contributed by atoms with Gasteiger partial charge in [0.15, 0.2) is 0 Å². The highest BCUT2D eigenvalue weighted by Gasteiger charge is 2.23. The van der Waals surface area contributed by atoms with Gasteiger partial charge in [0.25, 0.3) is 16.0 Å². The van der Waals surface area contributed by atoms with Crippen LogP contribution in [0.1, 0.15) is 36.0 Å². The van der Waals surface area contributed by atoms with Crippen molar-refractivity contribution in [3.63, 3.8) is 0 Å². The lowest BCUT2D eigenvalue weighted by molar-refractivity contribution is -0.889. The van der Waals surface area contributed by atoms with Crippen LogP contribution >= 0.6 is 0 Å². The predicted octanol–water partition coefficient (Wildman–Crippen LogP) is -0.0704. The SMILES string of the molecule is C[N+](C)(CCCS(=O)(=O)O)CCNC(=O)[C@H](CCCCN=[N+]=[N-])NC(=O)c1cnc(S(C)(=O)=O)nc1. The van der Waals surface area contributed by atoms with E-state index >= 15 is 0 Å². The molecule has 3 N–H and O–H groups in total. The average Bonchev–Trinajstić information content (AvgIpc) is 2.76. The van der Waals surface area contributed by atoms with Crippen molar-refractivity contribution in [1.29, 1.82) is 0 Å². The minimum absolute atomic E-state index is 0.0223. The highest BCUT2D eigenvalue weighted by molar-refractivity contribution is 7.90. The van der Waals surface area contributed by atoms with Gasteiger partial charge in [-0.15, -0.1) is 0 Å². The van der Waals surface area contributed by atoms with E-state index in [9.17, 15) is 26.4 Å². The molecule has 0 unspecified atom stereocenters. The quantitative estimate of drug-likeness (QED) is 0.0477. The maximum Gasteiger partial charge on any atom is 0.265 e. The van der Waals surface area contributed by atoms with Crippen LogP contribution in [0.15, 0.2) is 22.7 Å². The summed E-state index contributed by atoms with van der Waals surface area (Å²) in [5.74, 6) is -1.45. The number of aromatic nitrogens is 2. The van der Waals surface area contributed by atoms with Crippen molar-refractivity contribution in [3.8, 4) is 0 Å². The normalized spacial score (nSPS) is 12.9. The van der Waals surface area contributed by atoms with Gasteiger partial charge in [-0.1, -0.05) is 11.5 Å². The molecule has 0 spiro atoms. The maximum atomic E-state index is 12.8. The summed E-state index contributed by atoms with van der Waals surface area (Å²) in [7, 11) is -3.96. The van der Waals surface area contributed by atoms with Crippen molar-refractivity contribution in [2.75, 3.05) is 52.3 Å². The van der Waals surface area contributed by atoms with Crippen LogP contribution in [-0.2, 0) is 24.7 Å². The van der Waals surface area contributed by atoms with Gasteiger partial charge in [-0.05, 0) is 18.4 Å². The summed E-state index contributed by atoms with van der Waals surface area (Å²) >= 11 is 0. The zero-order valence-electron chi connectivity index (χ0n) is 20.5. The first-order chi connectivity index (χ1) is 16.6. The standard InChI is InChI=1S/C19H32N8O7S2/c1-27(2,10-6-12-36(32,33)34)11-9-21-18(29)16(7-4-5-8-24-26-20)25-17(28)15-13-22-19(23-14-15)35(3,30)31/h13-14,16H,4-12H2,1-3H3,(H2-,21,25,28,29,32,33,34)/p+1/t16-/m0/s1. The number of hydrogen-bond acceptors (Lipinski definition) is 9. The van der Waals surface area contributed by atoms with Crippen molar-refractivity contribution in [3.05, 3.63) is 28.4 Å². The molecule has 0 saturated heterocycles. The van der Waals surface area contributed by atoms with Crippen molar-refractivity contribution < 1.29 is 35.5 Å². The van der Waals surface area contributed by atoms with Crippen LogP contribution in [-0.4, -0.2) is 106 Å². The second-order valence-corrected chi connectivity index (χ2v) is 12.3. The molecule has 0 aliphatic rings. The van der Waals surface area contributed by atoms with Gasteiger partial charge >= 0.3 is 0 Å². The number of hydrogen-bond donors (Lipinski definition) is 3. The Bertz CT molecular complexity index is 1150. The van der Waals surface area contributed by atoms with Crippen LogP contribution in [0, 0.1) is 0 Å². The molecule has 0 fully saturated rings. The molecule has 1 atom stereocenters. The van der Waals surface area contributed by atoms with Crippen molar-refractivity contribution >= 4 is 31.8 Å². The second kappa shape index (κ2) is 14.0. The van der Waals surface area contributed by atoms with E-state index in [1.165, 1.54) is 0 Å². The van der Waals surface area contributed by atoms with Gasteiger partial charge in [0, 0.05) is 36.5 Å². The molecule has 1 aromatic rings. The number of nitrogens with one attached hydrogen (secondary N) is 2. The number of quaternary nitrogens is 1. The molecular weight excluding hydrogens is 516 g/mol. The highest BCUT2D eigenvalue weighted by Crippen LogP contribution is 2.07. The molecule has 2 amide bonds. The number of nitrogens with zero attached hydrogens (tertiary/aromatic N) is 6. The summed E-state index contributed by atoms with van der Waals surface area (Å²) in [5.41, 5.74) is 8.36. The van der Waals surface area contributed by atoms with Crippen LogP contribution in [0.3, 0.4) is 0 Å². The molecule has 0 bridgehead atoms. The number of likely N-dealkylation sites (N-methyl/N-ethyl adjacent to an activating group) is 1. The molecule has 0 aliphatic carbocycles. The zero-order valence-corrected chi connectivity index (χ0v) is 22.1. The third-order valence-corrected chi connectivity index (χ3v) is 6.77. The molecule has 1 rings (SSSR count). The van der Waals surface area contributed by atoms with Gasteiger partial charge in [-0.25, -0.2) is 18.4 Å². The molecule has 0 saturated carbocycles. The number of carbonyl (C=O) groups excluding carboxylic acids is 2. The molecule has 0 radical (unpaired) electrons. The Hall–Kier alpha value is -2.85. The summed E-state index contributed by atoms with van der Waals surface area (Å²) < 4.78 is 54.0. The van der Waals surface area contributed by atoms with Gasteiger partial charge < -0.3 is 15.1 Å². The molecule has 17 heteroatoms. The Morgan fingerprint density at radius 1 is 1.14 bits per heavy atom. The number of carbonyl (C=O) groups is 2. The van der Waals surface area contributed by atoms with Crippen LogP contribution in [0.5, 0.6) is 0 Å². The third kappa shape index (κ3) is 12.7. The lowest BCUT2D eigenvalue weighted by Crippen LogP contribution is -2.51. The van der Waals surface area contributed by atoms with E-state index in [-0.39, 0.29) is 37.2 Å². The van der Waals surface area contributed by atoms with Gasteiger partial charge in [-0.3, -0.25) is 14.1 Å². The highest BCUT2D eigenvalue weighted by atomic mass is 32.2. The van der Waals surface area contributed by atoms with E-state index in [0.29, 0.717) is 30.4 Å². The lowest BCUT2D eigenvalue weighted by Gasteiger charge is -2.30. The van der Waals surface area contributed by atoms with Crippen molar-refractivity contribution in [2.24, 2.45) is 5.11 Å². The minimum atomic E-state index is -4.04. The molecule has 0 aromatic carbocycles. The topological polar surface area (TPSA) is 221 Å². The molecule has 0 aliphatic heterocycles. The first kappa shape index (κ1) is 31.2. The van der Waals surface area contributed by atoms with E-state index in [0.717, 1.165) is 18.6 Å². The molecule has 36 heavy (non-hydrogen) atoms. The van der Waals surface area contributed by atoms with Crippen LogP contribution in [0.25, 0.3) is 10.4 Å². The lowest BCUT2D eigenvalue weighted by atomic mass is 10.1. The first-order valence-corrected chi connectivity index (χ1v) is 14.5. The fourth-order valence-electron chi connectivity index (χ4n) is 3.10. The van der Waals surface area contributed by atoms with Crippen molar-refractivity contribution in [2.45, 2.75) is 36.9 Å². The van der Waals surface area contributed by atoms with Crippen LogP contribution in [0.4, 0.5) is 0 Å². The number of unbranched alkanes of at least 4 members (excludes halogenated alkanes) is 1. The molecule has 1 heterocycles. The Morgan fingerprint density at radius 3 is 2.33 bits per heavy atom. The summed E-state index contributed by atoms with van der Waals surface area (Å²) in [6.07, 6.45) is 4.56. The molecular formula is C19H33N8O7S2+. The fourth-order valence-corrected chi connectivity index (χ4v) is 4.09. The van der Waals surface area contributed by atoms with E-state index in [1.54, 1.807) is 0 Å². The van der Waals surface area contributed by atoms with Gasteiger partial charge in [0.1, 0.15) is 6.04 Å². The van der Waals surface area contributed by atoms with Crippen LogP contribution < -0.4 is 10.6 Å². The summed E-state index contributed by atoms with van der Waals surface area (Å²) in [6, 6.07) is -0.923. The predicted molar refractivity (Wildman–Crippen MR) is 130 cm³/mol. The first-order valence-electron chi connectivity index (χ1n) is 11.0. The molecule has 1 aromatic heterocycles. The number of amides is 2. The van der Waals surface area contributed by atoms with Crippen LogP contribution in [0.2, 0.25) is 0 Å². The van der Waals surface area contributed by atoms with Gasteiger partial charge in [0.2, 0.25) is 20.9 Å². The smallest absolute Gasteiger partial charge is 0.265 e. The summed E-state index contributed by atoms with van der Waals surface area (Å²) in [6.45, 7) is 1.41. The Balaban J connectivity index is 2.76. The molecule has 202 valence electrons. The Kier molecular flexibility index (Phi) is 12.2. The number of sulfone groups is 1. The number of rotatable bonds is 16. The van der Waals surface area contributed by atoms with E-state index in [1.807, 2.05) is 14.1 Å². The zero-order chi connectivity index (χ0) is 27.4. The third-order valence-electron chi connectivity index (χ3n) is 5.09. The van der Waals surface area contributed by atoms with E-state index in [4.69, 9.17) is 10.1 Å². The summed E-state index contributed by atoms with van der Waals surface area (Å²) in [5, 5.41) is 8.36. The Labute approximate surface area is 210 Å². The number of azide groups is 1. The van der Waals surface area contributed by atoms with E-state index in [2.05, 4.69) is 30.6 Å². The monoisotopic (exact) mass is 549 g/mol.